The first-order valence-corrected chi connectivity index (χ1v) is 12.6. The lowest BCUT2D eigenvalue weighted by Gasteiger charge is -2.16. The number of carboxylic acids is 1. The van der Waals surface area contributed by atoms with E-state index in [-0.39, 0.29) is 22.9 Å². The summed E-state index contributed by atoms with van der Waals surface area (Å²) in [6.45, 7) is 0. The molecule has 0 saturated carbocycles. The highest BCUT2D eigenvalue weighted by atomic mass is 79.9. The van der Waals surface area contributed by atoms with Crippen molar-refractivity contribution in [3.8, 4) is 0 Å². The third-order valence-electron chi connectivity index (χ3n) is 5.51. The van der Waals surface area contributed by atoms with Gasteiger partial charge < -0.3 is 21.1 Å². The molecule has 8 nitrogen and oxygen atoms in total. The van der Waals surface area contributed by atoms with E-state index < -0.39 is 17.9 Å². The van der Waals surface area contributed by atoms with E-state index in [2.05, 4.69) is 36.9 Å². The molecule has 1 heterocycles. The summed E-state index contributed by atoms with van der Waals surface area (Å²) >= 11 is 9.39. The standard InChI is InChI=1S/C28H22BrClN4O4/c29-21-7-4-8-22(30)25(21)27(36)34-23(28(37)38)15-17-10-12-19(13-11-17)33-26(35)18-5-3-6-20(16-18)32-24-9-1-2-14-31-24/h1-14,16,23H,15H2,(H,31,32)(H,33,35)(H,34,36)(H,37,38)/t23-/m0/s1. The number of halogens is 2. The third kappa shape index (κ3) is 6.96. The Morgan fingerprint density at radius 2 is 1.66 bits per heavy atom. The zero-order valence-electron chi connectivity index (χ0n) is 19.8. The zero-order valence-corrected chi connectivity index (χ0v) is 22.2. The SMILES string of the molecule is O=C(Nc1ccc(C[C@H](NC(=O)c2c(Cl)cccc2Br)C(=O)O)cc1)c1cccc(Nc2ccccn2)c1. The Labute approximate surface area is 232 Å². The van der Waals surface area contributed by atoms with E-state index in [1.54, 1.807) is 66.9 Å². The second-order valence-corrected chi connectivity index (χ2v) is 9.50. The summed E-state index contributed by atoms with van der Waals surface area (Å²) < 4.78 is 0.463. The highest BCUT2D eigenvalue weighted by Crippen LogP contribution is 2.25. The fourth-order valence-electron chi connectivity index (χ4n) is 3.63. The summed E-state index contributed by atoms with van der Waals surface area (Å²) in [5, 5.41) is 18.4. The number of aromatic nitrogens is 1. The van der Waals surface area contributed by atoms with Crippen LogP contribution in [0.2, 0.25) is 5.02 Å². The van der Waals surface area contributed by atoms with Crippen LogP contribution in [0.1, 0.15) is 26.3 Å². The number of pyridine rings is 1. The topological polar surface area (TPSA) is 120 Å². The molecule has 0 aliphatic rings. The van der Waals surface area contributed by atoms with E-state index in [1.165, 1.54) is 0 Å². The molecular weight excluding hydrogens is 572 g/mol. The average Bonchev–Trinajstić information content (AvgIpc) is 2.90. The summed E-state index contributed by atoms with van der Waals surface area (Å²) in [6, 6.07) is 23.0. The van der Waals surface area contributed by atoms with Gasteiger partial charge in [-0.3, -0.25) is 9.59 Å². The van der Waals surface area contributed by atoms with Gasteiger partial charge in [0.05, 0.1) is 10.6 Å². The van der Waals surface area contributed by atoms with Gasteiger partial charge in [0, 0.05) is 34.0 Å². The van der Waals surface area contributed by atoms with E-state index in [0.29, 0.717) is 27.1 Å². The fraction of sp³-hybridized carbons (Fsp3) is 0.0714. The molecule has 3 aromatic carbocycles. The van der Waals surface area contributed by atoms with E-state index >= 15 is 0 Å². The van der Waals surface area contributed by atoms with Gasteiger partial charge in [-0.05, 0) is 76.1 Å². The number of amides is 2. The molecule has 1 atom stereocenters. The molecule has 0 fully saturated rings. The first-order chi connectivity index (χ1) is 18.3. The van der Waals surface area contributed by atoms with Gasteiger partial charge in [0.15, 0.2) is 0 Å². The zero-order chi connectivity index (χ0) is 27.1. The van der Waals surface area contributed by atoms with Gasteiger partial charge in [0.25, 0.3) is 11.8 Å². The number of carbonyl (C=O) groups is 3. The summed E-state index contributed by atoms with van der Waals surface area (Å²) in [5.74, 6) is -1.42. The molecule has 4 aromatic rings. The molecular formula is C28H22BrClN4O4. The van der Waals surface area contributed by atoms with Gasteiger partial charge in [-0.2, -0.15) is 0 Å². The quantitative estimate of drug-likeness (QED) is 0.191. The van der Waals surface area contributed by atoms with E-state index in [1.807, 2.05) is 24.3 Å². The van der Waals surface area contributed by atoms with Crippen LogP contribution in [0, 0.1) is 0 Å². The Bertz CT molecular complexity index is 1450. The second-order valence-electron chi connectivity index (χ2n) is 8.24. The maximum absolute atomic E-state index is 12.8. The maximum Gasteiger partial charge on any atom is 0.326 e. The smallest absolute Gasteiger partial charge is 0.326 e. The minimum atomic E-state index is -1.18. The van der Waals surface area contributed by atoms with Crippen molar-refractivity contribution in [2.75, 3.05) is 10.6 Å². The number of anilines is 3. The average molecular weight is 594 g/mol. The van der Waals surface area contributed by atoms with Crippen molar-refractivity contribution in [1.82, 2.24) is 10.3 Å². The van der Waals surface area contributed by atoms with Crippen LogP contribution < -0.4 is 16.0 Å². The van der Waals surface area contributed by atoms with E-state index in [4.69, 9.17) is 11.6 Å². The van der Waals surface area contributed by atoms with Crippen molar-refractivity contribution in [2.24, 2.45) is 0 Å². The number of benzene rings is 3. The second kappa shape index (κ2) is 12.4. The summed E-state index contributed by atoms with van der Waals surface area (Å²) in [5.41, 5.74) is 2.54. The molecule has 0 aliphatic carbocycles. The van der Waals surface area contributed by atoms with Crippen molar-refractivity contribution in [3.05, 3.63) is 117 Å². The molecule has 0 unspecified atom stereocenters. The summed E-state index contributed by atoms with van der Waals surface area (Å²) in [6.07, 6.45) is 1.71. The number of nitrogens with one attached hydrogen (secondary N) is 3. The molecule has 0 saturated heterocycles. The van der Waals surface area contributed by atoms with Crippen molar-refractivity contribution >= 4 is 62.5 Å². The van der Waals surface area contributed by atoms with Crippen molar-refractivity contribution in [1.29, 1.82) is 0 Å². The molecule has 0 aliphatic heterocycles. The van der Waals surface area contributed by atoms with Gasteiger partial charge in [-0.1, -0.05) is 41.9 Å². The summed E-state index contributed by atoms with van der Waals surface area (Å²) in [4.78, 5) is 41.5. The Hall–Kier alpha value is -4.21. The largest absolute Gasteiger partial charge is 0.480 e. The minimum Gasteiger partial charge on any atom is -0.480 e. The van der Waals surface area contributed by atoms with Crippen LogP contribution in [0.15, 0.2) is 95.6 Å². The predicted molar refractivity (Wildman–Crippen MR) is 150 cm³/mol. The van der Waals surface area contributed by atoms with Crippen molar-refractivity contribution in [2.45, 2.75) is 12.5 Å². The molecule has 0 radical (unpaired) electrons. The van der Waals surface area contributed by atoms with Gasteiger partial charge in [-0.25, -0.2) is 9.78 Å². The normalized spacial score (nSPS) is 11.3. The third-order valence-corrected chi connectivity index (χ3v) is 6.48. The van der Waals surface area contributed by atoms with Gasteiger partial charge >= 0.3 is 5.97 Å². The van der Waals surface area contributed by atoms with Crippen LogP contribution >= 0.6 is 27.5 Å². The van der Waals surface area contributed by atoms with Crippen LogP contribution in [0.25, 0.3) is 0 Å². The Balaban J connectivity index is 1.39. The van der Waals surface area contributed by atoms with E-state index in [0.717, 1.165) is 5.69 Å². The Kier molecular flexibility index (Phi) is 8.73. The molecule has 38 heavy (non-hydrogen) atoms. The van der Waals surface area contributed by atoms with Crippen LogP contribution in [-0.4, -0.2) is 33.9 Å². The number of carboxylic acid groups (broad SMARTS) is 1. The number of aliphatic carboxylic acids is 1. The molecule has 192 valence electrons. The summed E-state index contributed by atoms with van der Waals surface area (Å²) in [7, 11) is 0. The van der Waals surface area contributed by atoms with Gasteiger partial charge in [-0.15, -0.1) is 0 Å². The first kappa shape index (κ1) is 26.8. The number of nitrogens with zero attached hydrogens (tertiary/aromatic N) is 1. The molecule has 10 heteroatoms. The molecule has 0 bridgehead atoms. The lowest BCUT2D eigenvalue weighted by molar-refractivity contribution is -0.139. The lowest BCUT2D eigenvalue weighted by Crippen LogP contribution is -2.42. The number of hydrogen-bond donors (Lipinski definition) is 4. The highest BCUT2D eigenvalue weighted by molar-refractivity contribution is 9.10. The highest BCUT2D eigenvalue weighted by Gasteiger charge is 2.23. The number of carbonyl (C=O) groups excluding carboxylic acids is 2. The molecule has 4 N–H and O–H groups in total. The lowest BCUT2D eigenvalue weighted by atomic mass is 10.0. The van der Waals surface area contributed by atoms with Crippen molar-refractivity contribution < 1.29 is 19.5 Å². The van der Waals surface area contributed by atoms with Gasteiger partial charge in [0.1, 0.15) is 11.9 Å². The monoisotopic (exact) mass is 592 g/mol. The molecule has 1 aromatic heterocycles. The predicted octanol–water partition coefficient (Wildman–Crippen LogP) is 5.92. The van der Waals surface area contributed by atoms with Crippen LogP contribution in [0.3, 0.4) is 0 Å². The van der Waals surface area contributed by atoms with Crippen LogP contribution in [0.4, 0.5) is 17.2 Å². The number of hydrogen-bond acceptors (Lipinski definition) is 5. The Morgan fingerprint density at radius 3 is 2.34 bits per heavy atom. The van der Waals surface area contributed by atoms with Crippen LogP contribution in [-0.2, 0) is 11.2 Å². The molecule has 0 spiro atoms. The minimum absolute atomic E-state index is 0.0403. The van der Waals surface area contributed by atoms with Crippen LogP contribution in [0.5, 0.6) is 0 Å². The first-order valence-electron chi connectivity index (χ1n) is 11.5. The molecule has 2 amide bonds. The Morgan fingerprint density at radius 1 is 0.895 bits per heavy atom. The van der Waals surface area contributed by atoms with Crippen molar-refractivity contribution in [3.63, 3.8) is 0 Å². The fourth-order valence-corrected chi connectivity index (χ4v) is 4.55. The number of rotatable bonds is 9. The molecule has 4 rings (SSSR count). The van der Waals surface area contributed by atoms with Gasteiger partial charge in [0.2, 0.25) is 0 Å². The van der Waals surface area contributed by atoms with E-state index in [9.17, 15) is 19.5 Å². The maximum atomic E-state index is 12.8.